The summed E-state index contributed by atoms with van der Waals surface area (Å²) in [5, 5.41) is 3.28. The first-order valence-corrected chi connectivity index (χ1v) is 6.89. The molecule has 1 aromatic heterocycles. The van der Waals surface area contributed by atoms with Crippen molar-refractivity contribution < 1.29 is 13.9 Å². The fourth-order valence-electron chi connectivity index (χ4n) is 2.08. The van der Waals surface area contributed by atoms with Gasteiger partial charge in [-0.1, -0.05) is 6.07 Å². The van der Waals surface area contributed by atoms with Gasteiger partial charge < -0.3 is 19.4 Å². The van der Waals surface area contributed by atoms with Crippen LogP contribution in [0.1, 0.15) is 11.1 Å². The molecule has 0 unspecified atom stereocenters. The number of rotatable bonds is 8. The lowest BCUT2D eigenvalue weighted by Gasteiger charge is -2.07. The van der Waals surface area contributed by atoms with Crippen molar-refractivity contribution in [1.82, 2.24) is 9.88 Å². The number of ether oxygens (including phenoxy) is 2. The second kappa shape index (κ2) is 7.81. The van der Waals surface area contributed by atoms with Crippen LogP contribution < -0.4 is 10.1 Å². The summed E-state index contributed by atoms with van der Waals surface area (Å²) in [6.45, 7) is 2.79. The third-order valence-electron chi connectivity index (χ3n) is 3.24. The van der Waals surface area contributed by atoms with E-state index >= 15 is 0 Å². The highest BCUT2D eigenvalue weighted by atomic mass is 19.1. The molecule has 0 atom stereocenters. The molecular formula is C16H21FN2O2. The molecule has 0 bridgehead atoms. The minimum atomic E-state index is -0.247. The summed E-state index contributed by atoms with van der Waals surface area (Å²) in [5.41, 5.74) is 1.81. The number of aromatic nitrogens is 1. The Balaban J connectivity index is 1.93. The molecule has 4 nitrogen and oxygen atoms in total. The van der Waals surface area contributed by atoms with E-state index in [4.69, 9.17) is 9.47 Å². The molecule has 0 aliphatic carbocycles. The van der Waals surface area contributed by atoms with E-state index < -0.39 is 0 Å². The summed E-state index contributed by atoms with van der Waals surface area (Å²) in [4.78, 5) is 0. The van der Waals surface area contributed by atoms with Gasteiger partial charge in [0.1, 0.15) is 11.6 Å². The van der Waals surface area contributed by atoms with Crippen molar-refractivity contribution in [1.29, 1.82) is 0 Å². The second-order valence-corrected chi connectivity index (χ2v) is 4.82. The van der Waals surface area contributed by atoms with Crippen LogP contribution in [0, 0.1) is 5.82 Å². The normalized spacial score (nSPS) is 10.8. The number of methoxy groups -OCH3 is 2. The first kappa shape index (κ1) is 15.5. The van der Waals surface area contributed by atoms with Gasteiger partial charge in [-0.15, -0.1) is 0 Å². The summed E-state index contributed by atoms with van der Waals surface area (Å²) in [6, 6.07) is 6.97. The molecule has 21 heavy (non-hydrogen) atoms. The number of nitrogens with one attached hydrogen (secondary N) is 1. The number of hydrogen-bond donors (Lipinski definition) is 1. The molecule has 0 saturated carbocycles. The molecule has 114 valence electrons. The molecule has 2 aromatic rings. The van der Waals surface area contributed by atoms with E-state index in [2.05, 4.69) is 5.32 Å². The van der Waals surface area contributed by atoms with Gasteiger partial charge in [0.25, 0.3) is 0 Å². The van der Waals surface area contributed by atoms with Gasteiger partial charge in [-0.2, -0.15) is 0 Å². The molecule has 0 saturated heterocycles. The molecule has 0 amide bonds. The van der Waals surface area contributed by atoms with Gasteiger partial charge in [0, 0.05) is 50.8 Å². The molecule has 0 radical (unpaired) electrons. The van der Waals surface area contributed by atoms with Crippen molar-refractivity contribution >= 4 is 0 Å². The van der Waals surface area contributed by atoms with E-state index in [9.17, 15) is 4.39 Å². The van der Waals surface area contributed by atoms with Crippen molar-refractivity contribution in [3.63, 3.8) is 0 Å². The molecule has 2 rings (SSSR count). The minimum absolute atomic E-state index is 0.247. The molecule has 5 heteroatoms. The SMILES string of the molecule is COCCNCc1ccn(Cc2ccc(OC)cc2F)c1. The van der Waals surface area contributed by atoms with Crippen LogP contribution in [0.25, 0.3) is 0 Å². The summed E-state index contributed by atoms with van der Waals surface area (Å²) < 4.78 is 25.8. The number of nitrogens with zero attached hydrogens (tertiary/aromatic N) is 1. The third kappa shape index (κ3) is 4.58. The second-order valence-electron chi connectivity index (χ2n) is 4.82. The van der Waals surface area contributed by atoms with E-state index in [0.717, 1.165) is 13.1 Å². The number of benzene rings is 1. The first-order chi connectivity index (χ1) is 10.2. The maximum absolute atomic E-state index is 13.9. The van der Waals surface area contributed by atoms with Gasteiger partial charge in [0.2, 0.25) is 0 Å². The lowest BCUT2D eigenvalue weighted by molar-refractivity contribution is 0.199. The minimum Gasteiger partial charge on any atom is -0.497 e. The van der Waals surface area contributed by atoms with E-state index in [1.165, 1.54) is 18.7 Å². The third-order valence-corrected chi connectivity index (χ3v) is 3.24. The van der Waals surface area contributed by atoms with Crippen LogP contribution in [0.2, 0.25) is 0 Å². The van der Waals surface area contributed by atoms with Crippen molar-refractivity contribution in [2.24, 2.45) is 0 Å². The van der Waals surface area contributed by atoms with Crippen LogP contribution in [0.15, 0.2) is 36.7 Å². The Hall–Kier alpha value is -1.85. The van der Waals surface area contributed by atoms with Crippen molar-refractivity contribution in [3.8, 4) is 5.75 Å². The maximum atomic E-state index is 13.9. The summed E-state index contributed by atoms with van der Waals surface area (Å²) in [6.07, 6.45) is 3.97. The van der Waals surface area contributed by atoms with Gasteiger partial charge in [-0.05, 0) is 17.7 Å². The topological polar surface area (TPSA) is 35.4 Å². The zero-order valence-corrected chi connectivity index (χ0v) is 12.4. The van der Waals surface area contributed by atoms with Crippen LogP contribution in [-0.4, -0.2) is 31.9 Å². The van der Waals surface area contributed by atoms with Crippen molar-refractivity contribution in [2.45, 2.75) is 13.1 Å². The molecule has 0 spiro atoms. The predicted octanol–water partition coefficient (Wildman–Crippen LogP) is 2.42. The van der Waals surface area contributed by atoms with Gasteiger partial charge in [-0.25, -0.2) is 4.39 Å². The quantitative estimate of drug-likeness (QED) is 0.759. The predicted molar refractivity (Wildman–Crippen MR) is 80.1 cm³/mol. The van der Waals surface area contributed by atoms with Crippen molar-refractivity contribution in [2.75, 3.05) is 27.4 Å². The van der Waals surface area contributed by atoms with Gasteiger partial charge in [0.05, 0.1) is 13.7 Å². The average Bonchev–Trinajstić information content (AvgIpc) is 2.93. The van der Waals surface area contributed by atoms with E-state index in [1.54, 1.807) is 19.2 Å². The molecule has 1 aromatic carbocycles. The highest BCUT2D eigenvalue weighted by Gasteiger charge is 2.05. The lowest BCUT2D eigenvalue weighted by Crippen LogP contribution is -2.18. The largest absolute Gasteiger partial charge is 0.497 e. The molecule has 1 heterocycles. The van der Waals surface area contributed by atoms with Crippen LogP contribution in [0.5, 0.6) is 5.75 Å². The Morgan fingerprint density at radius 1 is 1.24 bits per heavy atom. The van der Waals surface area contributed by atoms with Gasteiger partial charge in [-0.3, -0.25) is 0 Å². The van der Waals surface area contributed by atoms with Crippen LogP contribution in [0.3, 0.4) is 0 Å². The Labute approximate surface area is 124 Å². The Morgan fingerprint density at radius 3 is 2.81 bits per heavy atom. The van der Waals surface area contributed by atoms with E-state index in [0.29, 0.717) is 24.5 Å². The number of hydrogen-bond acceptors (Lipinski definition) is 3. The fraction of sp³-hybridized carbons (Fsp3) is 0.375. The van der Waals surface area contributed by atoms with Crippen LogP contribution in [-0.2, 0) is 17.8 Å². The fourth-order valence-corrected chi connectivity index (χ4v) is 2.08. The zero-order chi connectivity index (χ0) is 15.1. The molecule has 0 aliphatic heterocycles. The Bertz CT molecular complexity index is 569. The molecule has 1 N–H and O–H groups in total. The van der Waals surface area contributed by atoms with Crippen LogP contribution in [0.4, 0.5) is 4.39 Å². The van der Waals surface area contributed by atoms with Gasteiger partial charge in [0.15, 0.2) is 0 Å². The van der Waals surface area contributed by atoms with E-state index in [1.807, 2.05) is 23.0 Å². The monoisotopic (exact) mass is 292 g/mol. The summed E-state index contributed by atoms with van der Waals surface area (Å²) >= 11 is 0. The Kier molecular flexibility index (Phi) is 5.78. The molecule has 0 aliphatic rings. The maximum Gasteiger partial charge on any atom is 0.131 e. The molecule has 0 fully saturated rings. The average molecular weight is 292 g/mol. The Morgan fingerprint density at radius 2 is 2.10 bits per heavy atom. The van der Waals surface area contributed by atoms with E-state index in [-0.39, 0.29) is 5.82 Å². The lowest BCUT2D eigenvalue weighted by atomic mass is 10.2. The highest BCUT2D eigenvalue weighted by molar-refractivity contribution is 5.29. The van der Waals surface area contributed by atoms with Crippen molar-refractivity contribution in [3.05, 3.63) is 53.6 Å². The van der Waals surface area contributed by atoms with Crippen LogP contribution >= 0.6 is 0 Å². The summed E-state index contributed by atoms with van der Waals surface area (Å²) in [7, 11) is 3.21. The van der Waals surface area contributed by atoms with Gasteiger partial charge >= 0.3 is 0 Å². The number of halogens is 1. The molecular weight excluding hydrogens is 271 g/mol. The smallest absolute Gasteiger partial charge is 0.131 e. The summed E-state index contributed by atoms with van der Waals surface area (Å²) in [5.74, 6) is 0.287. The zero-order valence-electron chi connectivity index (χ0n) is 12.4. The highest BCUT2D eigenvalue weighted by Crippen LogP contribution is 2.17. The standard InChI is InChI=1S/C16H21FN2O2/c1-20-8-6-18-10-13-5-7-19(11-13)12-14-3-4-15(21-2)9-16(14)17/h3-5,7,9,11,18H,6,8,10,12H2,1-2H3. The first-order valence-electron chi connectivity index (χ1n) is 6.89.